The van der Waals surface area contributed by atoms with Gasteiger partial charge in [-0.1, -0.05) is 85.0 Å². The Morgan fingerprint density at radius 3 is 1.76 bits per heavy atom. The topological polar surface area (TPSA) is 217 Å². The summed E-state index contributed by atoms with van der Waals surface area (Å²) in [5.74, 6) is -5.36. The molecule has 488 valence electrons. The van der Waals surface area contributed by atoms with Crippen LogP contribution in [-0.4, -0.2) is 78.3 Å². The van der Waals surface area contributed by atoms with Crippen molar-refractivity contribution >= 4 is 23.6 Å². The summed E-state index contributed by atoms with van der Waals surface area (Å²) in [6, 6.07) is 17.2. The lowest BCUT2D eigenvalue weighted by Gasteiger charge is -2.32. The van der Waals surface area contributed by atoms with Gasteiger partial charge in [-0.05, 0) is 104 Å². The molecule has 1 aliphatic heterocycles. The molecule has 0 spiro atoms. The number of amides is 2. The van der Waals surface area contributed by atoms with E-state index >= 15 is 0 Å². The van der Waals surface area contributed by atoms with Gasteiger partial charge in [0.25, 0.3) is 23.6 Å². The molecular weight excluding hydrogens is 1220 g/mol. The first-order valence-corrected chi connectivity index (χ1v) is 27.5. The highest BCUT2D eigenvalue weighted by Gasteiger charge is 2.62. The molecule has 90 heavy (non-hydrogen) atoms. The summed E-state index contributed by atoms with van der Waals surface area (Å²) in [4.78, 5) is 33.0. The van der Waals surface area contributed by atoms with Crippen molar-refractivity contribution in [3.63, 3.8) is 0 Å². The molecule has 0 fully saturated rings. The predicted molar refractivity (Wildman–Crippen MR) is 300 cm³/mol. The molecule has 4 aromatic heterocycles. The first-order valence-electron chi connectivity index (χ1n) is 27.5. The van der Waals surface area contributed by atoms with Gasteiger partial charge in [0.15, 0.2) is 11.4 Å². The molecule has 0 aliphatic carbocycles. The average molecular weight is 1290 g/mol. The van der Waals surface area contributed by atoms with E-state index in [9.17, 15) is 62.3 Å². The van der Waals surface area contributed by atoms with Gasteiger partial charge in [-0.3, -0.25) is 10.6 Å². The van der Waals surface area contributed by atoms with Crippen molar-refractivity contribution in [3.8, 4) is 34.9 Å². The number of rotatable bonds is 17. The number of anilines is 2. The first-order chi connectivity index (χ1) is 41.9. The summed E-state index contributed by atoms with van der Waals surface area (Å²) >= 11 is 0. The Morgan fingerprint density at radius 1 is 0.700 bits per heavy atom. The Morgan fingerprint density at radius 2 is 1.23 bits per heavy atom. The molecule has 7 rings (SSSR count). The third-order valence-corrected chi connectivity index (χ3v) is 12.5. The van der Waals surface area contributed by atoms with Crippen LogP contribution in [-0.2, 0) is 55.7 Å². The van der Waals surface area contributed by atoms with Gasteiger partial charge >= 0.3 is 36.9 Å². The summed E-state index contributed by atoms with van der Waals surface area (Å²) in [5, 5.41) is 18.9. The van der Waals surface area contributed by atoms with Crippen LogP contribution in [0.3, 0.4) is 0 Å². The number of pyridine rings is 2. The minimum Gasteiger partial charge on any atom is -0.474 e. The number of allylic oxidation sites excluding steroid dienone is 2. The average Bonchev–Trinajstić information content (AvgIpc) is 1.50. The number of carbonyl (C=O) groups is 2. The molecule has 4 bridgehead atoms. The number of aromatic nitrogens is 6. The maximum Gasteiger partial charge on any atom is 0.426 e. The van der Waals surface area contributed by atoms with Gasteiger partial charge in [-0.15, -0.1) is 33.6 Å². The summed E-state index contributed by atoms with van der Waals surface area (Å²) in [7, 11) is 0. The van der Waals surface area contributed by atoms with Crippen LogP contribution in [0.5, 0.6) is 11.8 Å². The quantitative estimate of drug-likeness (QED) is 0.0641. The number of nitrogens with one attached hydrogen (secondary N) is 2. The van der Waals surface area contributed by atoms with Crippen LogP contribution in [0.1, 0.15) is 128 Å². The second-order valence-electron chi connectivity index (χ2n) is 22.2. The zero-order chi connectivity index (χ0) is 66.7. The number of fused-ring (bicyclic) bond motifs is 5. The monoisotopic (exact) mass is 1280 g/mol. The second-order valence-corrected chi connectivity index (χ2v) is 22.2. The zero-order valence-corrected chi connectivity index (χ0v) is 49.8. The van der Waals surface area contributed by atoms with Crippen molar-refractivity contribution in [2.45, 2.75) is 166 Å². The van der Waals surface area contributed by atoms with Crippen LogP contribution in [0.2, 0.25) is 0 Å². The molecule has 0 saturated heterocycles. The van der Waals surface area contributed by atoms with Crippen molar-refractivity contribution in [2.24, 2.45) is 0 Å². The number of alkyl halides is 12. The standard InChI is InChI=1S/C31H34F6N4O5.C29H30F6N4O5/c1-7-9-16-29(31(35,36)37,43-18-20-14-11-10-12-15-20)26-41-40-25(45-26)23-22(38-27(42)46-28(4,5)6)17-21(30(32,33)34)24(39-23)44-19(3)13-8-2;1-17-11-7-6-10-14-27(29(33,34)35,41-16-18-12-8-5-9-13-18)24-39-38-23(43-24)21-20(36-25(40)44-26(2,3)4)15-19(28(30,31)32)22(37-21)42-17/h7-8,10-12,14-15,17,19H,1-2,9,13,16,18H2,3-6H3,(H,38,42);5-9,12-13,15,17H,10-11,14,16H2,1-4H3,(H,36,40)/t19-,29+;17-,27+/m00/s1. The molecule has 5 heterocycles. The summed E-state index contributed by atoms with van der Waals surface area (Å²) in [6.07, 6.45) is -20.2. The molecule has 2 aromatic carbocycles. The molecule has 0 saturated carbocycles. The Kier molecular flexibility index (Phi) is 22.4. The van der Waals surface area contributed by atoms with E-state index in [0.29, 0.717) is 23.3 Å². The van der Waals surface area contributed by atoms with Gasteiger partial charge in [0.05, 0.1) is 24.6 Å². The van der Waals surface area contributed by atoms with Crippen LogP contribution in [0.15, 0.2) is 119 Å². The fourth-order valence-electron chi connectivity index (χ4n) is 8.33. The highest BCUT2D eigenvalue weighted by molar-refractivity contribution is 5.90. The van der Waals surface area contributed by atoms with Gasteiger partial charge in [-0.25, -0.2) is 19.6 Å². The number of nitrogens with zero attached hydrogens (tertiary/aromatic N) is 6. The molecule has 18 nitrogen and oxygen atoms in total. The van der Waals surface area contributed by atoms with E-state index in [1.807, 2.05) is 0 Å². The number of benzene rings is 2. The first kappa shape index (κ1) is 70.5. The molecule has 0 radical (unpaired) electrons. The summed E-state index contributed by atoms with van der Waals surface area (Å²) in [5.41, 5.74) is -12.7. The fraction of sp³-hybridized carbons (Fsp3) is 0.433. The third-order valence-electron chi connectivity index (χ3n) is 12.5. The number of hydrogen-bond acceptors (Lipinski definition) is 16. The lowest BCUT2D eigenvalue weighted by Crippen LogP contribution is -2.45. The van der Waals surface area contributed by atoms with E-state index in [-0.39, 0.29) is 25.7 Å². The smallest absolute Gasteiger partial charge is 0.426 e. The SMILES string of the molecule is C=CCC[C@@](OCc1ccccc1)(c1nnc(-c2nc(O[C@@H](C)CC=C)c(C(F)(F)F)cc2NC(=O)OC(C)(C)C)o1)C(F)(F)F.C[C@H]1CC=CCC[C@](OCc2ccccc2)(C(F)(F)F)c2nnc(o2)-c2nc(c(C(F)(F)F)cc2NC(=O)OC(C)(C)C)O1. The van der Waals surface area contributed by atoms with Crippen LogP contribution in [0.4, 0.5) is 73.6 Å². The molecule has 1 aliphatic rings. The van der Waals surface area contributed by atoms with E-state index in [1.54, 1.807) is 60.7 Å². The molecule has 30 heteroatoms. The molecule has 2 N–H and O–H groups in total. The van der Waals surface area contributed by atoms with Gasteiger partial charge in [0.2, 0.25) is 23.0 Å². The lowest BCUT2D eigenvalue weighted by atomic mass is 9.95. The van der Waals surface area contributed by atoms with Gasteiger partial charge in [0.1, 0.15) is 34.5 Å². The number of ether oxygens (including phenoxy) is 6. The van der Waals surface area contributed by atoms with E-state index in [0.717, 1.165) is 0 Å². The van der Waals surface area contributed by atoms with E-state index < -0.39 is 167 Å². The largest absolute Gasteiger partial charge is 0.474 e. The van der Waals surface area contributed by atoms with Crippen LogP contribution >= 0.6 is 0 Å². The van der Waals surface area contributed by atoms with E-state index in [2.05, 4.69) is 54.2 Å². The van der Waals surface area contributed by atoms with Crippen LogP contribution < -0.4 is 20.1 Å². The molecule has 4 atom stereocenters. The molecule has 2 amide bonds. The Labute approximate surface area is 508 Å². The highest BCUT2D eigenvalue weighted by Crippen LogP contribution is 2.50. The Balaban J connectivity index is 0.000000287. The normalized spacial score (nSPS) is 16.8. The lowest BCUT2D eigenvalue weighted by molar-refractivity contribution is -0.299. The maximum atomic E-state index is 14.9. The van der Waals surface area contributed by atoms with Crippen molar-refractivity contribution in [3.05, 3.63) is 144 Å². The number of carbonyl (C=O) groups excluding carboxylic acids is 2. The van der Waals surface area contributed by atoms with Crippen LogP contribution in [0, 0.1) is 0 Å². The van der Waals surface area contributed by atoms with Crippen molar-refractivity contribution in [1.82, 2.24) is 30.4 Å². The van der Waals surface area contributed by atoms with Crippen molar-refractivity contribution < 1.29 is 99.5 Å². The zero-order valence-electron chi connectivity index (χ0n) is 49.8. The van der Waals surface area contributed by atoms with Crippen LogP contribution in [0.25, 0.3) is 23.2 Å². The fourth-order valence-corrected chi connectivity index (χ4v) is 8.33. The predicted octanol–water partition coefficient (Wildman–Crippen LogP) is 16.8. The molecule has 0 unspecified atom stereocenters. The van der Waals surface area contributed by atoms with E-state index in [1.165, 1.54) is 79.7 Å². The second kappa shape index (κ2) is 28.5. The minimum absolute atomic E-state index is 0.0501. The van der Waals surface area contributed by atoms with Gasteiger partial charge < -0.3 is 37.3 Å². The third kappa shape index (κ3) is 18.5. The van der Waals surface area contributed by atoms with Crippen molar-refractivity contribution in [1.29, 1.82) is 0 Å². The summed E-state index contributed by atoms with van der Waals surface area (Å²) in [6.45, 7) is 18.1. The van der Waals surface area contributed by atoms with Crippen molar-refractivity contribution in [2.75, 3.05) is 10.6 Å². The van der Waals surface area contributed by atoms with E-state index in [4.69, 9.17) is 37.3 Å². The molecule has 6 aromatic rings. The maximum absolute atomic E-state index is 14.9. The van der Waals surface area contributed by atoms with Gasteiger partial charge in [-0.2, -0.15) is 52.7 Å². The number of halogens is 12. The Bertz CT molecular complexity index is 3430. The minimum atomic E-state index is -5.10. The van der Waals surface area contributed by atoms with Gasteiger partial charge in [0, 0.05) is 12.8 Å². The molecular formula is C60H64F12N8O10. The number of hydrogen-bond donors (Lipinski definition) is 2. The summed E-state index contributed by atoms with van der Waals surface area (Å²) < 4.78 is 217. The Hall–Kier alpha value is -8.54. The highest BCUT2D eigenvalue weighted by atomic mass is 19.4.